The summed E-state index contributed by atoms with van der Waals surface area (Å²) in [6, 6.07) is 35.1. The molecular formula is C28H28ClO3P. The van der Waals surface area contributed by atoms with Crippen molar-refractivity contribution in [1.29, 1.82) is 0 Å². The zero-order valence-electron chi connectivity index (χ0n) is 19.1. The predicted molar refractivity (Wildman–Crippen MR) is 141 cm³/mol. The molecule has 0 aliphatic carbocycles. The van der Waals surface area contributed by atoms with E-state index in [1.54, 1.807) is 21.3 Å². The van der Waals surface area contributed by atoms with E-state index in [0.29, 0.717) is 23.4 Å². The number of benzene rings is 4. The van der Waals surface area contributed by atoms with Gasteiger partial charge in [0.25, 0.3) is 0 Å². The summed E-state index contributed by atoms with van der Waals surface area (Å²) >= 11 is 8.21. The third-order valence-corrected chi connectivity index (χ3v) is 13.3. The van der Waals surface area contributed by atoms with E-state index in [-0.39, 0.29) is 0 Å². The van der Waals surface area contributed by atoms with Gasteiger partial charge in [0.15, 0.2) is 0 Å². The van der Waals surface area contributed by atoms with Gasteiger partial charge in [-0.1, -0.05) is 0 Å². The third-order valence-electron chi connectivity index (χ3n) is 6.14. The second kappa shape index (κ2) is 9.47. The zero-order chi connectivity index (χ0) is 23.3. The van der Waals surface area contributed by atoms with E-state index in [0.717, 1.165) is 21.5 Å². The number of rotatable bonds is 8. The number of hydrogen-bond donors (Lipinski definition) is 0. The summed E-state index contributed by atoms with van der Waals surface area (Å²) in [6.07, 6.45) is 0.550. The molecule has 5 heteroatoms. The molecule has 0 radical (unpaired) electrons. The van der Waals surface area contributed by atoms with E-state index in [4.69, 9.17) is 25.5 Å². The van der Waals surface area contributed by atoms with Gasteiger partial charge in [0, 0.05) is 0 Å². The SMILES string of the molecule is COc1cc(OC)c(OC)cc1CP(Cl)(c1ccccc1)(c1ccccc1)c1ccccc1. The molecule has 0 heterocycles. The van der Waals surface area contributed by atoms with Crippen molar-refractivity contribution in [3.63, 3.8) is 0 Å². The van der Waals surface area contributed by atoms with Crippen LogP contribution in [-0.4, -0.2) is 21.3 Å². The van der Waals surface area contributed by atoms with Gasteiger partial charge < -0.3 is 0 Å². The van der Waals surface area contributed by atoms with Gasteiger partial charge >= 0.3 is 201 Å². The average Bonchev–Trinajstić information content (AvgIpc) is 2.90. The monoisotopic (exact) mass is 478 g/mol. The topological polar surface area (TPSA) is 27.7 Å². The summed E-state index contributed by atoms with van der Waals surface area (Å²) < 4.78 is 17.0. The molecule has 0 aromatic heterocycles. The van der Waals surface area contributed by atoms with Crippen LogP contribution in [0.2, 0.25) is 0 Å². The van der Waals surface area contributed by atoms with Gasteiger partial charge in [0.1, 0.15) is 0 Å². The van der Waals surface area contributed by atoms with Gasteiger partial charge in [0.05, 0.1) is 0 Å². The predicted octanol–water partition coefficient (Wildman–Crippen LogP) is 5.90. The number of methoxy groups -OCH3 is 3. The summed E-state index contributed by atoms with van der Waals surface area (Å²) in [5.74, 6) is -1.53. The Kier molecular flexibility index (Phi) is 6.65. The second-order valence-corrected chi connectivity index (χ2v) is 14.3. The summed E-state index contributed by atoms with van der Waals surface area (Å²) in [7, 11) is 4.93. The maximum atomic E-state index is 8.21. The normalized spacial score (nSPS) is 12.4. The molecule has 0 N–H and O–H groups in total. The standard InChI is InChI=1S/C28H28ClO3P/c1-30-26-20-28(32-3)27(31-2)19-22(26)21-33(29,23-13-7-4-8-14-23,24-15-9-5-10-16-24)25-17-11-6-12-18-25/h4-20H,21H2,1-3H3. The molecule has 0 spiro atoms. The van der Waals surface area contributed by atoms with Gasteiger partial charge in [-0.05, 0) is 0 Å². The van der Waals surface area contributed by atoms with Crippen molar-refractivity contribution in [2.75, 3.05) is 21.3 Å². The van der Waals surface area contributed by atoms with Gasteiger partial charge in [-0.2, -0.15) is 0 Å². The van der Waals surface area contributed by atoms with Crippen LogP contribution in [-0.2, 0) is 6.16 Å². The first-order valence-corrected chi connectivity index (χ1v) is 14.1. The molecule has 0 saturated heterocycles. The molecule has 3 nitrogen and oxygen atoms in total. The third kappa shape index (κ3) is 3.97. The first-order valence-electron chi connectivity index (χ1n) is 10.7. The molecule has 0 bridgehead atoms. The van der Waals surface area contributed by atoms with Crippen LogP contribution < -0.4 is 30.1 Å². The van der Waals surface area contributed by atoms with Crippen LogP contribution in [0.3, 0.4) is 0 Å². The average molecular weight is 479 g/mol. The fourth-order valence-electron chi connectivity index (χ4n) is 4.47. The molecule has 4 aromatic carbocycles. The number of ether oxygens (including phenoxy) is 3. The van der Waals surface area contributed by atoms with Crippen molar-refractivity contribution < 1.29 is 14.2 Å². The summed E-state index contributed by atoms with van der Waals surface area (Å²) in [6.45, 7) is 0. The summed E-state index contributed by atoms with van der Waals surface area (Å²) in [5.41, 5.74) is 0.958. The van der Waals surface area contributed by atoms with Crippen molar-refractivity contribution in [3.8, 4) is 17.2 Å². The quantitative estimate of drug-likeness (QED) is 0.295. The van der Waals surface area contributed by atoms with E-state index < -0.39 is 5.96 Å². The van der Waals surface area contributed by atoms with Crippen LogP contribution in [0.25, 0.3) is 0 Å². The van der Waals surface area contributed by atoms with Crippen LogP contribution in [0.1, 0.15) is 5.56 Å². The molecule has 170 valence electrons. The van der Waals surface area contributed by atoms with E-state index in [1.165, 1.54) is 0 Å². The Morgan fingerprint density at radius 1 is 0.545 bits per heavy atom. The fraction of sp³-hybridized carbons (Fsp3) is 0.143. The van der Waals surface area contributed by atoms with Crippen molar-refractivity contribution >= 4 is 33.1 Å². The molecule has 4 rings (SSSR count). The van der Waals surface area contributed by atoms with Gasteiger partial charge in [-0.15, -0.1) is 0 Å². The Morgan fingerprint density at radius 2 is 0.909 bits per heavy atom. The van der Waals surface area contributed by atoms with E-state index in [1.807, 2.05) is 30.3 Å². The molecule has 0 fully saturated rings. The van der Waals surface area contributed by atoms with Gasteiger partial charge in [-0.3, -0.25) is 0 Å². The minimum absolute atomic E-state index is 0.550. The molecule has 0 atom stereocenters. The zero-order valence-corrected chi connectivity index (χ0v) is 20.7. The Balaban J connectivity index is 2.09. The Labute approximate surface area is 200 Å². The Hall–Kier alpha value is -3.00. The Morgan fingerprint density at radius 3 is 1.27 bits per heavy atom. The molecular weight excluding hydrogens is 451 g/mol. The van der Waals surface area contributed by atoms with Crippen molar-refractivity contribution in [2.45, 2.75) is 6.16 Å². The molecule has 0 aliphatic rings. The summed E-state index contributed by atoms with van der Waals surface area (Å²) in [4.78, 5) is 0. The number of hydrogen-bond acceptors (Lipinski definition) is 3. The second-order valence-electron chi connectivity index (χ2n) is 7.87. The first kappa shape index (κ1) is 23.2. The van der Waals surface area contributed by atoms with Crippen LogP contribution in [0, 0.1) is 0 Å². The Bertz CT molecular complexity index is 1110. The van der Waals surface area contributed by atoms with Crippen molar-refractivity contribution in [1.82, 2.24) is 0 Å². The first-order chi connectivity index (χ1) is 16.0. The van der Waals surface area contributed by atoms with Crippen LogP contribution >= 0.6 is 17.2 Å². The van der Waals surface area contributed by atoms with Crippen molar-refractivity contribution in [3.05, 3.63) is 109 Å². The molecule has 0 amide bonds. The molecule has 4 aromatic rings. The summed E-state index contributed by atoms with van der Waals surface area (Å²) in [5, 5.41) is 3.29. The van der Waals surface area contributed by atoms with Crippen LogP contribution in [0.15, 0.2) is 103 Å². The fourth-order valence-corrected chi connectivity index (χ4v) is 10.6. The van der Waals surface area contributed by atoms with Crippen LogP contribution in [0.5, 0.6) is 17.2 Å². The van der Waals surface area contributed by atoms with Gasteiger partial charge in [0.2, 0.25) is 0 Å². The maximum absolute atomic E-state index is 8.21. The molecule has 0 aliphatic heterocycles. The molecule has 0 saturated carbocycles. The van der Waals surface area contributed by atoms with E-state index in [2.05, 4.69) is 72.8 Å². The van der Waals surface area contributed by atoms with Crippen molar-refractivity contribution in [2.24, 2.45) is 0 Å². The molecule has 0 unspecified atom stereocenters. The van der Waals surface area contributed by atoms with E-state index >= 15 is 0 Å². The van der Waals surface area contributed by atoms with E-state index in [9.17, 15) is 0 Å². The van der Waals surface area contributed by atoms with Crippen LogP contribution in [0.4, 0.5) is 0 Å². The minimum atomic E-state index is -3.50. The molecule has 33 heavy (non-hydrogen) atoms. The number of halogens is 1. The van der Waals surface area contributed by atoms with Gasteiger partial charge in [-0.25, -0.2) is 0 Å².